The molecule has 0 amide bonds. The number of nitrogens with one attached hydrogen (secondary N) is 3. The van der Waals surface area contributed by atoms with Crippen molar-refractivity contribution in [2.24, 2.45) is 11.8 Å². The van der Waals surface area contributed by atoms with Gasteiger partial charge in [-0.05, 0) is 67.9 Å². The van der Waals surface area contributed by atoms with Gasteiger partial charge in [-0.1, -0.05) is 35.3 Å². The number of para-hydroxylation sites is 1. The van der Waals surface area contributed by atoms with Crippen molar-refractivity contribution in [1.82, 2.24) is 14.7 Å². The minimum absolute atomic E-state index is 0.0874. The van der Waals surface area contributed by atoms with E-state index >= 15 is 0 Å². The maximum absolute atomic E-state index is 12.6. The summed E-state index contributed by atoms with van der Waals surface area (Å²) in [5.74, 6) is 2.16. The van der Waals surface area contributed by atoms with Crippen LogP contribution in [-0.2, 0) is 14.8 Å². The largest absolute Gasteiger partial charge is 0.383 e. The lowest BCUT2D eigenvalue weighted by molar-refractivity contribution is 0.210. The van der Waals surface area contributed by atoms with E-state index in [2.05, 4.69) is 25.3 Å². The predicted octanol–water partition coefficient (Wildman–Crippen LogP) is 5.19. The molecule has 1 aromatic heterocycles. The molecule has 1 aliphatic rings. The summed E-state index contributed by atoms with van der Waals surface area (Å²) < 4.78 is 33.1. The quantitative estimate of drug-likeness (QED) is 0.281. The van der Waals surface area contributed by atoms with Gasteiger partial charge in [0.1, 0.15) is 5.82 Å². The van der Waals surface area contributed by atoms with Gasteiger partial charge in [0.15, 0.2) is 0 Å². The second kappa shape index (κ2) is 12.4. The topological polar surface area (TPSA) is 105 Å². The molecule has 2 aromatic carbocycles. The van der Waals surface area contributed by atoms with Gasteiger partial charge in [-0.3, -0.25) is 0 Å². The lowest BCUT2D eigenvalue weighted by atomic mass is 9.82. The van der Waals surface area contributed by atoms with Crippen molar-refractivity contribution in [2.75, 3.05) is 44.0 Å². The fourth-order valence-electron chi connectivity index (χ4n) is 4.43. The fraction of sp³-hybridized carbons (Fsp3) is 0.440. The first-order valence-electron chi connectivity index (χ1n) is 12.0. The summed E-state index contributed by atoms with van der Waals surface area (Å²) in [6, 6.07) is 12.3. The Morgan fingerprint density at radius 2 is 1.61 bits per heavy atom. The van der Waals surface area contributed by atoms with E-state index in [1.54, 1.807) is 7.11 Å². The van der Waals surface area contributed by atoms with Gasteiger partial charge in [-0.25, -0.2) is 18.1 Å². The Morgan fingerprint density at radius 1 is 0.944 bits per heavy atom. The molecule has 0 bridgehead atoms. The van der Waals surface area contributed by atoms with Crippen molar-refractivity contribution in [2.45, 2.75) is 30.6 Å². The monoisotopic (exact) mass is 551 g/mol. The van der Waals surface area contributed by atoms with Gasteiger partial charge in [0.2, 0.25) is 16.0 Å². The van der Waals surface area contributed by atoms with Gasteiger partial charge in [-0.15, -0.1) is 0 Å². The number of sulfonamides is 1. The zero-order valence-electron chi connectivity index (χ0n) is 20.1. The second-order valence-electron chi connectivity index (χ2n) is 9.06. The maximum atomic E-state index is 12.6. The van der Waals surface area contributed by atoms with Crippen LogP contribution in [0.2, 0.25) is 10.0 Å². The van der Waals surface area contributed by atoms with Crippen LogP contribution in [0, 0.1) is 11.8 Å². The molecule has 0 aliphatic heterocycles. The highest BCUT2D eigenvalue weighted by Gasteiger charge is 2.24. The van der Waals surface area contributed by atoms with Gasteiger partial charge in [0.05, 0.1) is 17.0 Å². The Morgan fingerprint density at radius 3 is 2.31 bits per heavy atom. The van der Waals surface area contributed by atoms with Gasteiger partial charge in [0.25, 0.3) is 0 Å². The molecule has 3 N–H and O–H groups in total. The molecular formula is C25H31Cl2N5O3S. The number of nitrogens with zero attached hydrogens (tertiary/aromatic N) is 2. The summed E-state index contributed by atoms with van der Waals surface area (Å²) in [6.45, 7) is 2.43. The number of ether oxygens (including phenoxy) is 1. The lowest BCUT2D eigenvalue weighted by Crippen LogP contribution is -2.32. The second-order valence-corrected chi connectivity index (χ2v) is 11.7. The van der Waals surface area contributed by atoms with Crippen molar-refractivity contribution >= 4 is 55.9 Å². The summed E-state index contributed by atoms with van der Waals surface area (Å²) in [7, 11) is -1.98. The highest BCUT2D eigenvalue weighted by Crippen LogP contribution is 2.30. The van der Waals surface area contributed by atoms with Crippen LogP contribution < -0.4 is 15.4 Å². The van der Waals surface area contributed by atoms with Crippen LogP contribution in [0.1, 0.15) is 25.7 Å². The third-order valence-corrected chi connectivity index (χ3v) is 8.26. The Balaban J connectivity index is 1.28. The van der Waals surface area contributed by atoms with Crippen LogP contribution in [0.15, 0.2) is 47.4 Å². The number of rotatable bonds is 11. The number of fused-ring (bicyclic) bond motifs is 1. The van der Waals surface area contributed by atoms with Crippen molar-refractivity contribution in [1.29, 1.82) is 0 Å². The van der Waals surface area contributed by atoms with Gasteiger partial charge in [-0.2, -0.15) is 4.98 Å². The zero-order valence-corrected chi connectivity index (χ0v) is 22.5. The number of methoxy groups -OCH3 is 1. The summed E-state index contributed by atoms with van der Waals surface area (Å²) in [5.41, 5.74) is 0.881. The van der Waals surface area contributed by atoms with E-state index < -0.39 is 10.0 Å². The van der Waals surface area contributed by atoms with Crippen molar-refractivity contribution in [3.8, 4) is 0 Å². The molecule has 1 saturated carbocycles. The first-order valence-corrected chi connectivity index (χ1v) is 14.3. The van der Waals surface area contributed by atoms with Gasteiger partial charge < -0.3 is 15.4 Å². The molecule has 1 heterocycles. The van der Waals surface area contributed by atoms with Crippen LogP contribution in [0.4, 0.5) is 11.8 Å². The van der Waals surface area contributed by atoms with Gasteiger partial charge >= 0.3 is 0 Å². The van der Waals surface area contributed by atoms with E-state index in [-0.39, 0.29) is 4.90 Å². The van der Waals surface area contributed by atoms with Crippen LogP contribution >= 0.6 is 23.2 Å². The normalized spacial score (nSPS) is 18.3. The number of hydrogen-bond acceptors (Lipinski definition) is 7. The van der Waals surface area contributed by atoms with Crippen molar-refractivity contribution in [3.63, 3.8) is 0 Å². The van der Waals surface area contributed by atoms with Gasteiger partial charge in [0, 0.05) is 42.2 Å². The van der Waals surface area contributed by atoms with E-state index in [9.17, 15) is 8.42 Å². The molecule has 4 rings (SSSR count). The van der Waals surface area contributed by atoms with Crippen LogP contribution in [0.3, 0.4) is 0 Å². The molecule has 0 spiro atoms. The molecule has 11 heteroatoms. The molecule has 0 saturated heterocycles. The molecule has 8 nitrogen and oxygen atoms in total. The van der Waals surface area contributed by atoms with E-state index in [0.717, 1.165) is 48.9 Å². The number of aromatic nitrogens is 2. The van der Waals surface area contributed by atoms with E-state index in [0.29, 0.717) is 47.5 Å². The minimum atomic E-state index is -3.66. The lowest BCUT2D eigenvalue weighted by Gasteiger charge is -2.28. The Kier molecular flexibility index (Phi) is 9.25. The predicted molar refractivity (Wildman–Crippen MR) is 145 cm³/mol. The number of anilines is 2. The van der Waals surface area contributed by atoms with E-state index in [1.165, 1.54) is 18.2 Å². The first kappa shape index (κ1) is 26.9. The van der Waals surface area contributed by atoms with Crippen molar-refractivity contribution in [3.05, 3.63) is 52.5 Å². The van der Waals surface area contributed by atoms with E-state index in [4.69, 9.17) is 27.9 Å². The fourth-order valence-corrected chi connectivity index (χ4v) is 6.27. The van der Waals surface area contributed by atoms with Crippen LogP contribution in [0.25, 0.3) is 10.9 Å². The summed E-state index contributed by atoms with van der Waals surface area (Å²) in [5, 5.41) is 8.31. The Labute approximate surface area is 222 Å². The third-order valence-electron chi connectivity index (χ3n) is 6.43. The first-order chi connectivity index (χ1) is 17.3. The zero-order chi connectivity index (χ0) is 25.5. The number of halogens is 2. The highest BCUT2D eigenvalue weighted by molar-refractivity contribution is 7.89. The molecule has 0 atom stereocenters. The smallest absolute Gasteiger partial charge is 0.240 e. The molecule has 1 fully saturated rings. The molecule has 0 unspecified atom stereocenters. The summed E-state index contributed by atoms with van der Waals surface area (Å²) in [4.78, 5) is 9.44. The molecule has 3 aromatic rings. The molecule has 0 radical (unpaired) electrons. The minimum Gasteiger partial charge on any atom is -0.383 e. The molecule has 194 valence electrons. The summed E-state index contributed by atoms with van der Waals surface area (Å²) in [6.07, 6.45) is 3.92. The summed E-state index contributed by atoms with van der Waals surface area (Å²) >= 11 is 11.9. The van der Waals surface area contributed by atoms with Crippen LogP contribution in [0.5, 0.6) is 0 Å². The highest BCUT2D eigenvalue weighted by atomic mass is 35.5. The van der Waals surface area contributed by atoms with E-state index in [1.807, 2.05) is 24.3 Å². The van der Waals surface area contributed by atoms with Crippen LogP contribution in [-0.4, -0.2) is 51.7 Å². The SMILES string of the molecule is COCCNc1nc(NC[C@H]2CC[C@H](CNS(=O)(=O)c3cc(Cl)cc(Cl)c3)CC2)nc2ccccc12. The third kappa shape index (κ3) is 7.20. The molecule has 1 aliphatic carbocycles. The number of benzene rings is 2. The average Bonchev–Trinajstić information content (AvgIpc) is 2.86. The Bertz CT molecular complexity index is 1260. The molecule has 36 heavy (non-hydrogen) atoms. The number of hydrogen-bond donors (Lipinski definition) is 3. The standard InChI is InChI=1S/C25H31Cl2N5O3S/c1-35-11-10-28-24-22-4-2-3-5-23(22)31-25(32-24)29-15-17-6-8-18(9-7-17)16-30-36(33,34)21-13-19(26)12-20(27)14-21/h2-5,12-14,17-18,30H,6-11,15-16H2,1H3,(H2,28,29,31,32)/t17-,18-. The molecular weight excluding hydrogens is 521 g/mol. The van der Waals surface area contributed by atoms with Crippen molar-refractivity contribution < 1.29 is 13.2 Å². The maximum Gasteiger partial charge on any atom is 0.240 e. The average molecular weight is 553 g/mol. The Hall–Kier alpha value is -2.17.